The van der Waals surface area contributed by atoms with E-state index in [0.717, 1.165) is 43.7 Å². The Morgan fingerprint density at radius 1 is 1.00 bits per heavy atom. The molecule has 1 aliphatic heterocycles. The van der Waals surface area contributed by atoms with Crippen molar-refractivity contribution >= 4 is 10.1 Å². The van der Waals surface area contributed by atoms with Gasteiger partial charge in [-0.25, -0.2) is 8.42 Å². The third-order valence-corrected chi connectivity index (χ3v) is 4.76. The Morgan fingerprint density at radius 3 is 2.19 bits per heavy atom. The molecule has 1 rings (SSSR count). The van der Waals surface area contributed by atoms with Gasteiger partial charge in [0.15, 0.2) is 0 Å². The SMILES string of the molecule is CCCOCCOCC[N+]1(CCCS(=O)(=O)[O-])CCCC1. The average Bonchev–Trinajstić information content (AvgIpc) is 2.85. The first kappa shape index (κ1) is 18.8. The first-order chi connectivity index (χ1) is 9.97. The van der Waals surface area contributed by atoms with Gasteiger partial charge in [0.2, 0.25) is 0 Å². The van der Waals surface area contributed by atoms with Crippen LogP contribution in [-0.2, 0) is 19.6 Å². The summed E-state index contributed by atoms with van der Waals surface area (Å²) in [5.74, 6) is -0.251. The number of rotatable bonds is 12. The predicted molar refractivity (Wildman–Crippen MR) is 80.1 cm³/mol. The van der Waals surface area contributed by atoms with Crippen molar-refractivity contribution < 1.29 is 26.9 Å². The molecule has 0 radical (unpaired) electrons. The summed E-state index contributed by atoms with van der Waals surface area (Å²) in [4.78, 5) is 0. The molecule has 1 saturated heterocycles. The fraction of sp³-hybridized carbons (Fsp3) is 1.00. The maximum atomic E-state index is 10.7. The normalized spacial score (nSPS) is 18.2. The van der Waals surface area contributed by atoms with Crippen molar-refractivity contribution in [1.29, 1.82) is 0 Å². The zero-order valence-electron chi connectivity index (χ0n) is 13.1. The number of nitrogens with zero attached hydrogens (tertiary/aromatic N) is 1. The Morgan fingerprint density at radius 2 is 1.62 bits per heavy atom. The quantitative estimate of drug-likeness (QED) is 0.304. The van der Waals surface area contributed by atoms with Gasteiger partial charge in [-0.3, -0.25) is 0 Å². The molecule has 0 spiro atoms. The van der Waals surface area contributed by atoms with E-state index in [9.17, 15) is 13.0 Å². The van der Waals surface area contributed by atoms with Gasteiger partial charge in [-0.1, -0.05) is 6.92 Å². The molecule has 126 valence electrons. The lowest BCUT2D eigenvalue weighted by atomic mass is 10.3. The van der Waals surface area contributed by atoms with Crippen molar-refractivity contribution in [3.8, 4) is 0 Å². The zero-order chi connectivity index (χ0) is 15.6. The lowest BCUT2D eigenvalue weighted by molar-refractivity contribution is -0.917. The fourth-order valence-electron chi connectivity index (χ4n) is 2.87. The minimum atomic E-state index is -4.09. The van der Waals surface area contributed by atoms with Gasteiger partial charge in [0.25, 0.3) is 0 Å². The summed E-state index contributed by atoms with van der Waals surface area (Å²) in [5, 5.41) is 0. The number of hydrogen-bond acceptors (Lipinski definition) is 5. The molecular formula is C14H29NO5S. The second kappa shape index (κ2) is 9.74. The lowest BCUT2D eigenvalue weighted by Gasteiger charge is -2.34. The van der Waals surface area contributed by atoms with E-state index in [0.29, 0.717) is 26.2 Å². The molecule has 0 aromatic carbocycles. The van der Waals surface area contributed by atoms with Crippen molar-refractivity contribution in [3.05, 3.63) is 0 Å². The van der Waals surface area contributed by atoms with E-state index in [1.54, 1.807) is 0 Å². The number of quaternary nitrogens is 1. The van der Waals surface area contributed by atoms with Gasteiger partial charge in [-0.15, -0.1) is 0 Å². The highest BCUT2D eigenvalue weighted by molar-refractivity contribution is 7.85. The summed E-state index contributed by atoms with van der Waals surface area (Å²) in [7, 11) is -4.09. The highest BCUT2D eigenvalue weighted by atomic mass is 32.2. The van der Waals surface area contributed by atoms with Crippen molar-refractivity contribution in [2.45, 2.75) is 32.6 Å². The summed E-state index contributed by atoms with van der Waals surface area (Å²) < 4.78 is 43.9. The van der Waals surface area contributed by atoms with Crippen LogP contribution in [0.2, 0.25) is 0 Å². The second-order valence-electron chi connectivity index (χ2n) is 5.78. The highest BCUT2D eigenvalue weighted by Gasteiger charge is 2.31. The van der Waals surface area contributed by atoms with Crippen molar-refractivity contribution in [2.24, 2.45) is 0 Å². The predicted octanol–water partition coefficient (Wildman–Crippen LogP) is 0.976. The smallest absolute Gasteiger partial charge is 0.102 e. The summed E-state index contributed by atoms with van der Waals surface area (Å²) in [6.07, 6.45) is 3.81. The van der Waals surface area contributed by atoms with Gasteiger partial charge < -0.3 is 18.5 Å². The zero-order valence-corrected chi connectivity index (χ0v) is 13.9. The van der Waals surface area contributed by atoms with E-state index in [4.69, 9.17) is 9.47 Å². The number of hydrogen-bond donors (Lipinski definition) is 0. The van der Waals surface area contributed by atoms with Crippen molar-refractivity contribution in [3.63, 3.8) is 0 Å². The molecule has 21 heavy (non-hydrogen) atoms. The highest BCUT2D eigenvalue weighted by Crippen LogP contribution is 2.20. The molecular weight excluding hydrogens is 294 g/mol. The standard InChI is InChI=1S/C14H29NO5S/c1-2-10-19-12-13-20-11-9-15(6-3-4-7-15)8-5-14-21(16,17)18/h2-14H2,1H3. The van der Waals surface area contributed by atoms with Gasteiger partial charge in [0, 0.05) is 31.6 Å². The summed E-state index contributed by atoms with van der Waals surface area (Å²) >= 11 is 0. The molecule has 0 aromatic rings. The summed E-state index contributed by atoms with van der Waals surface area (Å²) in [6.45, 7) is 8.53. The van der Waals surface area contributed by atoms with Crippen LogP contribution in [0.5, 0.6) is 0 Å². The molecule has 0 aromatic heterocycles. The molecule has 1 aliphatic rings. The Balaban J connectivity index is 2.19. The molecule has 1 heterocycles. The minimum Gasteiger partial charge on any atom is -0.748 e. The largest absolute Gasteiger partial charge is 0.748 e. The lowest BCUT2D eigenvalue weighted by Crippen LogP contribution is -2.48. The summed E-state index contributed by atoms with van der Waals surface area (Å²) in [5.41, 5.74) is 0. The third-order valence-electron chi connectivity index (χ3n) is 3.97. The Kier molecular flexibility index (Phi) is 8.73. The van der Waals surface area contributed by atoms with Gasteiger partial charge in [-0.05, 0) is 6.42 Å². The van der Waals surface area contributed by atoms with Crippen LogP contribution >= 0.6 is 0 Å². The van der Waals surface area contributed by atoms with Crippen LogP contribution in [0.15, 0.2) is 0 Å². The molecule has 0 aliphatic carbocycles. The van der Waals surface area contributed by atoms with E-state index >= 15 is 0 Å². The van der Waals surface area contributed by atoms with E-state index in [1.165, 1.54) is 12.8 Å². The number of likely N-dealkylation sites (tertiary alicyclic amines) is 1. The van der Waals surface area contributed by atoms with Crippen LogP contribution in [-0.4, -0.2) is 75.8 Å². The molecule has 0 atom stereocenters. The maximum absolute atomic E-state index is 10.7. The van der Waals surface area contributed by atoms with Gasteiger partial charge >= 0.3 is 0 Å². The Bertz CT molecular complexity index is 366. The summed E-state index contributed by atoms with van der Waals surface area (Å²) in [6, 6.07) is 0. The van der Waals surface area contributed by atoms with Crippen LogP contribution in [0.4, 0.5) is 0 Å². The molecule has 0 N–H and O–H groups in total. The maximum Gasteiger partial charge on any atom is 0.102 e. The van der Waals surface area contributed by atoms with Crippen LogP contribution in [0, 0.1) is 0 Å². The van der Waals surface area contributed by atoms with Crippen LogP contribution in [0.1, 0.15) is 32.6 Å². The van der Waals surface area contributed by atoms with Crippen molar-refractivity contribution in [2.75, 3.05) is 58.4 Å². The molecule has 0 saturated carbocycles. The Labute approximate surface area is 128 Å². The molecule has 0 amide bonds. The van der Waals surface area contributed by atoms with E-state index in [2.05, 4.69) is 6.92 Å². The fourth-order valence-corrected chi connectivity index (χ4v) is 3.35. The first-order valence-electron chi connectivity index (χ1n) is 7.92. The number of ether oxygens (including phenoxy) is 2. The molecule has 6 nitrogen and oxygen atoms in total. The van der Waals surface area contributed by atoms with E-state index in [1.807, 2.05) is 0 Å². The second-order valence-corrected chi connectivity index (χ2v) is 7.31. The van der Waals surface area contributed by atoms with E-state index < -0.39 is 10.1 Å². The molecule has 7 heteroatoms. The van der Waals surface area contributed by atoms with Crippen LogP contribution < -0.4 is 0 Å². The third kappa shape index (κ3) is 8.73. The van der Waals surface area contributed by atoms with Crippen molar-refractivity contribution in [1.82, 2.24) is 0 Å². The van der Waals surface area contributed by atoms with E-state index in [-0.39, 0.29) is 5.75 Å². The minimum absolute atomic E-state index is 0.251. The first-order valence-corrected chi connectivity index (χ1v) is 9.49. The molecule has 0 unspecified atom stereocenters. The van der Waals surface area contributed by atoms with Crippen LogP contribution in [0.25, 0.3) is 0 Å². The van der Waals surface area contributed by atoms with Gasteiger partial charge in [0.1, 0.15) is 6.54 Å². The molecule has 1 fully saturated rings. The molecule has 0 bridgehead atoms. The van der Waals surface area contributed by atoms with Gasteiger partial charge in [-0.2, -0.15) is 0 Å². The topological polar surface area (TPSA) is 75.7 Å². The average molecular weight is 323 g/mol. The van der Waals surface area contributed by atoms with Crippen LogP contribution in [0.3, 0.4) is 0 Å². The van der Waals surface area contributed by atoms with Gasteiger partial charge in [0.05, 0.1) is 49.6 Å². The Hall–Kier alpha value is -0.210. The monoisotopic (exact) mass is 323 g/mol.